The molecule has 1 unspecified atom stereocenters. The number of aliphatic carboxylic acids is 1. The van der Waals surface area contributed by atoms with Crippen molar-refractivity contribution in [2.45, 2.75) is 26.2 Å². The largest absolute Gasteiger partial charge is 0.481 e. The minimum Gasteiger partial charge on any atom is -0.481 e. The van der Waals surface area contributed by atoms with Crippen molar-refractivity contribution < 1.29 is 27.5 Å². The van der Waals surface area contributed by atoms with Crippen LogP contribution in [0.2, 0.25) is 0 Å². The Morgan fingerprint density at radius 1 is 1.28 bits per heavy atom. The van der Waals surface area contributed by atoms with Gasteiger partial charge in [-0.05, 0) is 31.5 Å². The van der Waals surface area contributed by atoms with Gasteiger partial charge in [-0.15, -0.1) is 0 Å². The first-order valence-corrected chi connectivity index (χ1v) is 5.11. The van der Waals surface area contributed by atoms with Crippen LogP contribution in [0.3, 0.4) is 0 Å². The summed E-state index contributed by atoms with van der Waals surface area (Å²) in [4.78, 5) is 10.9. The van der Waals surface area contributed by atoms with Crippen LogP contribution in [0.5, 0.6) is 0 Å². The van der Waals surface area contributed by atoms with E-state index in [1.54, 1.807) is 0 Å². The van der Waals surface area contributed by atoms with Gasteiger partial charge in [0, 0.05) is 0 Å². The topological polar surface area (TPSA) is 37.3 Å². The molecule has 0 radical (unpaired) electrons. The van der Waals surface area contributed by atoms with Gasteiger partial charge in [0.2, 0.25) is 0 Å². The van der Waals surface area contributed by atoms with Gasteiger partial charge >= 0.3 is 12.1 Å². The molecular formula is C12H12F4O2. The fraction of sp³-hybridized carbons (Fsp3) is 0.417. The zero-order chi connectivity index (χ0) is 14.1. The molecule has 0 aliphatic carbocycles. The number of hydrogen-bond acceptors (Lipinski definition) is 1. The normalized spacial score (nSPS) is 14.3. The molecule has 1 rings (SSSR count). The van der Waals surface area contributed by atoms with Crippen molar-refractivity contribution in [2.24, 2.45) is 5.41 Å². The van der Waals surface area contributed by atoms with Crippen LogP contribution in [-0.2, 0) is 11.0 Å². The third-order valence-corrected chi connectivity index (χ3v) is 2.69. The number of halogens is 4. The third kappa shape index (κ3) is 2.80. The van der Waals surface area contributed by atoms with E-state index < -0.39 is 29.3 Å². The van der Waals surface area contributed by atoms with Crippen molar-refractivity contribution in [3.8, 4) is 0 Å². The number of carbonyl (C=O) groups is 1. The Balaban J connectivity index is 3.16. The summed E-state index contributed by atoms with van der Waals surface area (Å²) in [6.45, 7) is 2.25. The number of alkyl halides is 4. The van der Waals surface area contributed by atoms with E-state index in [1.807, 2.05) is 0 Å². The van der Waals surface area contributed by atoms with Crippen molar-refractivity contribution in [1.29, 1.82) is 0 Å². The van der Waals surface area contributed by atoms with Crippen LogP contribution in [0.4, 0.5) is 17.6 Å². The molecule has 1 aromatic rings. The van der Waals surface area contributed by atoms with E-state index in [2.05, 4.69) is 0 Å². The maximum atomic E-state index is 14.0. The zero-order valence-corrected chi connectivity index (χ0v) is 9.75. The van der Waals surface area contributed by atoms with Crippen LogP contribution in [0.25, 0.3) is 0 Å². The van der Waals surface area contributed by atoms with Gasteiger partial charge in [-0.1, -0.05) is 12.1 Å². The summed E-state index contributed by atoms with van der Waals surface area (Å²) in [5.74, 6) is -1.41. The summed E-state index contributed by atoms with van der Waals surface area (Å²) in [6.07, 6.45) is -6.60. The van der Waals surface area contributed by atoms with E-state index in [1.165, 1.54) is 0 Å². The molecule has 0 amide bonds. The van der Waals surface area contributed by atoms with Gasteiger partial charge in [0.05, 0.1) is 11.0 Å². The van der Waals surface area contributed by atoms with Gasteiger partial charge < -0.3 is 5.11 Å². The van der Waals surface area contributed by atoms with Crippen molar-refractivity contribution in [1.82, 2.24) is 0 Å². The zero-order valence-electron chi connectivity index (χ0n) is 9.75. The van der Waals surface area contributed by atoms with Gasteiger partial charge in [0.1, 0.15) is 6.17 Å². The minimum absolute atomic E-state index is 0.294. The van der Waals surface area contributed by atoms with E-state index in [-0.39, 0.29) is 5.56 Å². The van der Waals surface area contributed by atoms with E-state index in [0.29, 0.717) is 6.07 Å². The summed E-state index contributed by atoms with van der Waals surface area (Å²) in [6, 6.07) is 3.65. The standard InChI is InChI=1S/C12H12F4O2/c1-11(2,10(17)18)9(13)7-4-3-5-8(6-7)12(14,15)16/h3-6,9H,1-2H3,(H,17,18). The molecule has 0 heterocycles. The number of hydrogen-bond donors (Lipinski definition) is 1. The molecule has 1 atom stereocenters. The number of carboxylic acids is 1. The molecule has 0 saturated carbocycles. The second kappa shape index (κ2) is 4.59. The van der Waals surface area contributed by atoms with Gasteiger partial charge in [0.25, 0.3) is 0 Å². The lowest BCUT2D eigenvalue weighted by Crippen LogP contribution is -2.29. The fourth-order valence-corrected chi connectivity index (χ4v) is 1.40. The number of carboxylic acid groups (broad SMARTS) is 1. The molecule has 2 nitrogen and oxygen atoms in total. The first kappa shape index (κ1) is 14.5. The van der Waals surface area contributed by atoms with Gasteiger partial charge in [-0.25, -0.2) is 4.39 Å². The molecule has 0 spiro atoms. The Morgan fingerprint density at radius 2 is 1.83 bits per heavy atom. The van der Waals surface area contributed by atoms with Crippen LogP contribution >= 0.6 is 0 Å². The molecule has 0 aliphatic rings. The molecule has 0 fully saturated rings. The lowest BCUT2D eigenvalue weighted by Gasteiger charge is -2.24. The molecule has 18 heavy (non-hydrogen) atoms. The molecule has 0 saturated heterocycles. The highest BCUT2D eigenvalue weighted by molar-refractivity contribution is 5.74. The summed E-state index contributed by atoms with van der Waals surface area (Å²) in [5.41, 5.74) is -3.08. The van der Waals surface area contributed by atoms with E-state index in [4.69, 9.17) is 5.11 Å². The highest BCUT2D eigenvalue weighted by atomic mass is 19.4. The maximum Gasteiger partial charge on any atom is 0.416 e. The lowest BCUT2D eigenvalue weighted by atomic mass is 9.83. The Morgan fingerprint density at radius 3 is 2.28 bits per heavy atom. The minimum atomic E-state index is -4.58. The number of rotatable bonds is 3. The van der Waals surface area contributed by atoms with E-state index in [9.17, 15) is 22.4 Å². The Labute approximate surface area is 101 Å². The Bertz CT molecular complexity index is 452. The van der Waals surface area contributed by atoms with Crippen LogP contribution in [0, 0.1) is 5.41 Å². The predicted octanol–water partition coefficient (Wildman–Crippen LogP) is 3.83. The van der Waals surface area contributed by atoms with E-state index >= 15 is 0 Å². The highest BCUT2D eigenvalue weighted by Crippen LogP contribution is 2.39. The average Bonchev–Trinajstić information content (AvgIpc) is 2.26. The fourth-order valence-electron chi connectivity index (χ4n) is 1.40. The SMILES string of the molecule is CC(C)(C(=O)O)C(F)c1cccc(C(F)(F)F)c1. The molecule has 1 N–H and O–H groups in total. The molecule has 100 valence electrons. The molecule has 0 bridgehead atoms. The van der Waals surface area contributed by atoms with Crippen molar-refractivity contribution in [2.75, 3.05) is 0 Å². The first-order chi connectivity index (χ1) is 8.06. The molecular weight excluding hydrogens is 252 g/mol. The summed E-state index contributed by atoms with van der Waals surface area (Å²) in [7, 11) is 0. The average molecular weight is 264 g/mol. The van der Waals surface area contributed by atoms with Crippen LogP contribution in [-0.4, -0.2) is 11.1 Å². The second-order valence-electron chi connectivity index (χ2n) is 4.51. The maximum absolute atomic E-state index is 14.0. The highest BCUT2D eigenvalue weighted by Gasteiger charge is 2.39. The molecule has 1 aromatic carbocycles. The quantitative estimate of drug-likeness (QED) is 0.842. The number of benzene rings is 1. The van der Waals surface area contributed by atoms with Gasteiger partial charge in [0.15, 0.2) is 0 Å². The molecule has 6 heteroatoms. The molecule has 0 aliphatic heterocycles. The first-order valence-electron chi connectivity index (χ1n) is 5.11. The van der Waals surface area contributed by atoms with Crippen LogP contribution < -0.4 is 0 Å². The predicted molar refractivity (Wildman–Crippen MR) is 56.7 cm³/mol. The van der Waals surface area contributed by atoms with Gasteiger partial charge in [-0.3, -0.25) is 4.79 Å². The summed E-state index contributed by atoms with van der Waals surface area (Å²) < 4.78 is 51.3. The molecule has 0 aromatic heterocycles. The summed E-state index contributed by atoms with van der Waals surface area (Å²) in [5, 5.41) is 8.84. The van der Waals surface area contributed by atoms with Crippen molar-refractivity contribution in [3.63, 3.8) is 0 Å². The van der Waals surface area contributed by atoms with Crippen molar-refractivity contribution in [3.05, 3.63) is 35.4 Å². The third-order valence-electron chi connectivity index (χ3n) is 2.69. The second-order valence-corrected chi connectivity index (χ2v) is 4.51. The van der Waals surface area contributed by atoms with Gasteiger partial charge in [-0.2, -0.15) is 13.2 Å². The Hall–Kier alpha value is -1.59. The monoisotopic (exact) mass is 264 g/mol. The smallest absolute Gasteiger partial charge is 0.416 e. The van der Waals surface area contributed by atoms with E-state index in [0.717, 1.165) is 32.0 Å². The Kier molecular flexibility index (Phi) is 3.69. The van der Waals surface area contributed by atoms with Crippen LogP contribution in [0.15, 0.2) is 24.3 Å². The lowest BCUT2D eigenvalue weighted by molar-refractivity contribution is -0.150. The summed E-state index contributed by atoms with van der Waals surface area (Å²) >= 11 is 0. The van der Waals surface area contributed by atoms with Crippen LogP contribution in [0.1, 0.15) is 31.1 Å². The van der Waals surface area contributed by atoms with Crippen molar-refractivity contribution >= 4 is 5.97 Å².